The number of imidazole rings is 1. The Bertz CT molecular complexity index is 894. The van der Waals surface area contributed by atoms with E-state index in [1.165, 1.54) is 12.7 Å². The van der Waals surface area contributed by atoms with E-state index in [4.69, 9.17) is 13.8 Å². The monoisotopic (exact) mass is 413 g/mol. The highest BCUT2D eigenvalue weighted by atomic mass is 31.2. The molecule has 0 amide bonds. The van der Waals surface area contributed by atoms with Crippen LogP contribution in [0.4, 0.5) is 5.82 Å². The Labute approximate surface area is 161 Å². The van der Waals surface area contributed by atoms with Gasteiger partial charge in [0.1, 0.15) is 24.6 Å². The van der Waals surface area contributed by atoms with Crippen LogP contribution in [0.5, 0.6) is 0 Å². The van der Waals surface area contributed by atoms with Crippen molar-refractivity contribution in [2.24, 2.45) is 0 Å². The van der Waals surface area contributed by atoms with Crippen molar-refractivity contribution in [1.29, 1.82) is 0 Å². The Balaban J connectivity index is 1.60. The first-order chi connectivity index (χ1) is 13.4. The molecule has 0 aromatic carbocycles. The van der Waals surface area contributed by atoms with E-state index in [2.05, 4.69) is 21.9 Å². The van der Waals surface area contributed by atoms with E-state index in [9.17, 15) is 14.6 Å². The third kappa shape index (κ3) is 3.54. The van der Waals surface area contributed by atoms with Gasteiger partial charge in [-0.25, -0.2) is 19.5 Å². The van der Waals surface area contributed by atoms with Crippen molar-refractivity contribution >= 4 is 24.8 Å². The molecule has 2 N–H and O–H groups in total. The topological polar surface area (TPSA) is 132 Å². The number of aliphatic hydroxyl groups excluding tert-OH is 1. The molecule has 0 aliphatic carbocycles. The number of hydrogen-bond donors (Lipinski definition) is 2. The van der Waals surface area contributed by atoms with Crippen LogP contribution in [0, 0.1) is 0 Å². The fourth-order valence-electron chi connectivity index (χ4n) is 3.58. The Hall–Kier alpha value is -1.62. The van der Waals surface area contributed by atoms with Crippen LogP contribution < -0.4 is 4.90 Å². The standard InChI is InChI=1S/C16H24N5O6P/c1-3-4-5-6-20(2)14-11-15(18-8-17-14)21(9-19-11)16-12(22)13-10(26-16)7-25-28(23,24)27-13/h8-10,12-13,16,22H,3-7H2,1-2H3,(H,23,24)/t10-,12-,13-,16-/m1/s1. The molecule has 2 fully saturated rings. The molecular weight excluding hydrogens is 389 g/mol. The minimum absolute atomic E-state index is 0.140. The van der Waals surface area contributed by atoms with Crippen LogP contribution in [0.3, 0.4) is 0 Å². The van der Waals surface area contributed by atoms with Crippen molar-refractivity contribution in [2.45, 2.75) is 50.7 Å². The van der Waals surface area contributed by atoms with Crippen LogP contribution in [-0.2, 0) is 18.3 Å². The fourth-order valence-corrected chi connectivity index (χ4v) is 4.54. The van der Waals surface area contributed by atoms with E-state index in [-0.39, 0.29) is 6.61 Å². The molecule has 5 atom stereocenters. The van der Waals surface area contributed by atoms with Gasteiger partial charge < -0.3 is 19.6 Å². The van der Waals surface area contributed by atoms with E-state index < -0.39 is 32.4 Å². The molecule has 154 valence electrons. The molecule has 12 heteroatoms. The van der Waals surface area contributed by atoms with Gasteiger partial charge in [-0.3, -0.25) is 13.6 Å². The third-order valence-corrected chi connectivity index (χ3v) is 6.02. The van der Waals surface area contributed by atoms with Crippen LogP contribution in [0.2, 0.25) is 0 Å². The average molecular weight is 413 g/mol. The Kier molecular flexibility index (Phi) is 5.38. The highest BCUT2D eigenvalue weighted by molar-refractivity contribution is 7.47. The van der Waals surface area contributed by atoms with Crippen molar-refractivity contribution in [3.63, 3.8) is 0 Å². The highest BCUT2D eigenvalue weighted by Crippen LogP contribution is 2.52. The summed E-state index contributed by atoms with van der Waals surface area (Å²) in [6.07, 6.45) is 2.61. The second kappa shape index (κ2) is 7.66. The number of rotatable bonds is 6. The third-order valence-electron chi connectivity index (χ3n) is 5.04. The van der Waals surface area contributed by atoms with Gasteiger partial charge in [-0.2, -0.15) is 0 Å². The molecule has 2 aliphatic heterocycles. The number of aromatic nitrogens is 4. The highest BCUT2D eigenvalue weighted by Gasteiger charge is 2.52. The number of anilines is 1. The van der Waals surface area contributed by atoms with Crippen molar-refractivity contribution in [3.05, 3.63) is 12.7 Å². The number of fused-ring (bicyclic) bond motifs is 2. The van der Waals surface area contributed by atoms with Gasteiger partial charge in [0.05, 0.1) is 12.9 Å². The SMILES string of the molecule is CCCCCN(C)c1ncnc2c1ncn2[C@@H]1O[C@@H]2COP(=O)(O)O[C@H]2[C@H]1O. The zero-order valence-electron chi connectivity index (χ0n) is 15.7. The van der Waals surface area contributed by atoms with Gasteiger partial charge in [0.15, 0.2) is 23.2 Å². The lowest BCUT2D eigenvalue weighted by molar-refractivity contribution is -0.0664. The molecule has 0 radical (unpaired) electrons. The van der Waals surface area contributed by atoms with Crippen LogP contribution >= 0.6 is 7.82 Å². The second-order valence-corrected chi connectivity index (χ2v) is 8.45. The van der Waals surface area contributed by atoms with E-state index in [0.29, 0.717) is 17.0 Å². The molecule has 1 unspecified atom stereocenters. The lowest BCUT2D eigenvalue weighted by Crippen LogP contribution is -2.39. The first-order valence-electron chi connectivity index (χ1n) is 9.29. The second-order valence-electron chi connectivity index (χ2n) is 7.04. The average Bonchev–Trinajstić information content (AvgIpc) is 3.22. The summed E-state index contributed by atoms with van der Waals surface area (Å²) >= 11 is 0. The van der Waals surface area contributed by atoms with Gasteiger partial charge in [-0.05, 0) is 6.42 Å². The predicted octanol–water partition coefficient (Wildman–Crippen LogP) is 1.23. The van der Waals surface area contributed by atoms with Gasteiger partial charge in [-0.15, -0.1) is 0 Å². The van der Waals surface area contributed by atoms with Crippen molar-refractivity contribution in [3.8, 4) is 0 Å². The molecular formula is C16H24N5O6P. The van der Waals surface area contributed by atoms with Gasteiger partial charge in [0, 0.05) is 13.6 Å². The maximum Gasteiger partial charge on any atom is 0.472 e. The summed E-state index contributed by atoms with van der Waals surface area (Å²) in [6.45, 7) is 2.86. The summed E-state index contributed by atoms with van der Waals surface area (Å²) in [5.41, 5.74) is 1.10. The number of nitrogens with zero attached hydrogens (tertiary/aromatic N) is 5. The molecule has 2 aromatic rings. The zero-order valence-corrected chi connectivity index (χ0v) is 16.6. The van der Waals surface area contributed by atoms with Crippen LogP contribution in [0.25, 0.3) is 11.2 Å². The molecule has 0 spiro atoms. The number of unbranched alkanes of at least 4 members (excludes halogenated alkanes) is 2. The molecule has 2 saturated heterocycles. The minimum atomic E-state index is -4.18. The number of phosphoric ester groups is 1. The summed E-state index contributed by atoms with van der Waals surface area (Å²) in [5, 5.41) is 10.6. The molecule has 28 heavy (non-hydrogen) atoms. The number of phosphoric acid groups is 1. The van der Waals surface area contributed by atoms with E-state index in [0.717, 1.165) is 25.8 Å². The molecule has 4 heterocycles. The van der Waals surface area contributed by atoms with E-state index in [1.807, 2.05) is 11.9 Å². The van der Waals surface area contributed by atoms with Gasteiger partial charge >= 0.3 is 7.82 Å². The van der Waals surface area contributed by atoms with Gasteiger partial charge in [0.2, 0.25) is 0 Å². The van der Waals surface area contributed by atoms with Gasteiger partial charge in [-0.1, -0.05) is 19.8 Å². The summed E-state index contributed by atoms with van der Waals surface area (Å²) in [7, 11) is -2.22. The Morgan fingerprint density at radius 2 is 2.18 bits per heavy atom. The predicted molar refractivity (Wildman–Crippen MR) is 98.7 cm³/mol. The lowest BCUT2D eigenvalue weighted by Gasteiger charge is -2.27. The Morgan fingerprint density at radius 3 is 2.96 bits per heavy atom. The quantitative estimate of drug-likeness (QED) is 0.526. The van der Waals surface area contributed by atoms with Crippen LogP contribution in [0.15, 0.2) is 12.7 Å². The molecule has 11 nitrogen and oxygen atoms in total. The summed E-state index contributed by atoms with van der Waals surface area (Å²) in [5.74, 6) is 0.698. The first kappa shape index (κ1) is 19.7. The van der Waals surface area contributed by atoms with Crippen LogP contribution in [-0.4, -0.2) is 68.0 Å². The number of aliphatic hydroxyl groups is 1. The normalized spacial score (nSPS) is 32.6. The minimum Gasteiger partial charge on any atom is -0.386 e. The molecule has 4 rings (SSSR count). The maximum atomic E-state index is 11.7. The smallest absolute Gasteiger partial charge is 0.386 e. The van der Waals surface area contributed by atoms with Crippen molar-refractivity contribution < 1.29 is 28.3 Å². The lowest BCUT2D eigenvalue weighted by atomic mass is 10.1. The largest absolute Gasteiger partial charge is 0.472 e. The van der Waals surface area contributed by atoms with Crippen LogP contribution in [0.1, 0.15) is 32.4 Å². The molecule has 2 aliphatic rings. The molecule has 2 aromatic heterocycles. The summed E-state index contributed by atoms with van der Waals surface area (Å²) in [6, 6.07) is 0. The number of hydrogen-bond acceptors (Lipinski definition) is 9. The summed E-state index contributed by atoms with van der Waals surface area (Å²) < 4.78 is 28.8. The van der Waals surface area contributed by atoms with Crippen molar-refractivity contribution in [1.82, 2.24) is 19.5 Å². The Morgan fingerprint density at radius 1 is 1.36 bits per heavy atom. The van der Waals surface area contributed by atoms with Gasteiger partial charge in [0.25, 0.3) is 0 Å². The molecule has 0 saturated carbocycles. The fraction of sp³-hybridized carbons (Fsp3) is 0.688. The van der Waals surface area contributed by atoms with E-state index >= 15 is 0 Å². The van der Waals surface area contributed by atoms with Crippen molar-refractivity contribution in [2.75, 3.05) is 25.1 Å². The van der Waals surface area contributed by atoms with E-state index in [1.54, 1.807) is 4.57 Å². The summed E-state index contributed by atoms with van der Waals surface area (Å²) in [4.78, 5) is 24.6. The zero-order chi connectivity index (χ0) is 19.9. The maximum absolute atomic E-state index is 11.7. The first-order valence-corrected chi connectivity index (χ1v) is 10.8. The number of ether oxygens (including phenoxy) is 1. The molecule has 0 bridgehead atoms.